The van der Waals surface area contributed by atoms with E-state index in [-0.39, 0.29) is 30.0 Å². The van der Waals surface area contributed by atoms with Crippen molar-refractivity contribution in [2.45, 2.75) is 4.90 Å². The van der Waals surface area contributed by atoms with E-state index in [1.165, 1.54) is 6.07 Å². The minimum atomic E-state index is -4.66. The molecule has 0 heterocycles. The normalized spacial score (nSPS) is 10.3. The zero-order valence-electron chi connectivity index (χ0n) is 10.5. The molecule has 19 heavy (non-hydrogen) atoms. The molecule has 0 saturated heterocycles. The maximum atomic E-state index is 11.3. The average molecular weight is 281 g/mol. The standard InChI is InChI=1S/C10H10O7S.Li/c1-16-9(11)6-3-4-7(10(12)17-2)8(5-6)18(13,14)15;/h3-5H,1-2H3,(H,13,14,15);. The zero-order valence-corrected chi connectivity index (χ0v) is 11.4. The van der Waals surface area contributed by atoms with Gasteiger partial charge in [0.1, 0.15) is 4.90 Å². The van der Waals surface area contributed by atoms with Gasteiger partial charge in [-0.25, -0.2) is 9.59 Å². The molecular weight excluding hydrogens is 271 g/mol. The second kappa shape index (κ2) is 6.72. The van der Waals surface area contributed by atoms with Crippen LogP contribution in [0.25, 0.3) is 0 Å². The number of ether oxygens (including phenoxy) is 2. The summed E-state index contributed by atoms with van der Waals surface area (Å²) in [4.78, 5) is 21.8. The molecule has 0 fully saturated rings. The van der Waals surface area contributed by atoms with Crippen LogP contribution in [0.2, 0.25) is 0 Å². The van der Waals surface area contributed by atoms with Crippen molar-refractivity contribution in [3.8, 4) is 0 Å². The Morgan fingerprint density at radius 2 is 1.63 bits per heavy atom. The van der Waals surface area contributed by atoms with E-state index in [9.17, 15) is 18.0 Å². The van der Waals surface area contributed by atoms with Gasteiger partial charge in [0.05, 0.1) is 25.3 Å². The largest absolute Gasteiger partial charge is 0.465 e. The van der Waals surface area contributed by atoms with Crippen LogP contribution in [0.5, 0.6) is 0 Å². The Morgan fingerprint density at radius 1 is 1.11 bits per heavy atom. The van der Waals surface area contributed by atoms with E-state index in [0.29, 0.717) is 0 Å². The van der Waals surface area contributed by atoms with Crippen molar-refractivity contribution in [1.29, 1.82) is 0 Å². The fourth-order valence-electron chi connectivity index (χ4n) is 1.26. The molecule has 0 aliphatic heterocycles. The van der Waals surface area contributed by atoms with E-state index >= 15 is 0 Å². The molecule has 1 aromatic carbocycles. The summed E-state index contributed by atoms with van der Waals surface area (Å²) in [5, 5.41) is 0. The van der Waals surface area contributed by atoms with E-state index in [2.05, 4.69) is 9.47 Å². The molecule has 7 nitrogen and oxygen atoms in total. The molecule has 0 aromatic heterocycles. The number of hydrogen-bond donors (Lipinski definition) is 1. The molecule has 0 aliphatic rings. The molecule has 0 aliphatic carbocycles. The van der Waals surface area contributed by atoms with Crippen molar-refractivity contribution in [3.05, 3.63) is 29.3 Å². The Balaban J connectivity index is 0.00000324. The van der Waals surface area contributed by atoms with Crippen molar-refractivity contribution in [3.63, 3.8) is 0 Å². The van der Waals surface area contributed by atoms with Gasteiger partial charge in [-0.2, -0.15) is 8.42 Å². The van der Waals surface area contributed by atoms with Crippen LogP contribution in [-0.4, -0.2) is 58.0 Å². The van der Waals surface area contributed by atoms with Gasteiger partial charge in [0, 0.05) is 18.9 Å². The molecule has 1 rings (SSSR count). The second-order valence-electron chi connectivity index (χ2n) is 3.17. The third-order valence-electron chi connectivity index (χ3n) is 2.09. The number of methoxy groups -OCH3 is 2. The molecule has 1 radical (unpaired) electrons. The minimum Gasteiger partial charge on any atom is -0.465 e. The van der Waals surface area contributed by atoms with Crippen LogP contribution in [0.1, 0.15) is 20.7 Å². The van der Waals surface area contributed by atoms with E-state index in [4.69, 9.17) is 4.55 Å². The maximum Gasteiger partial charge on any atom is 0.339 e. The number of carbonyl (C=O) groups excluding carboxylic acids is 2. The van der Waals surface area contributed by atoms with Crippen molar-refractivity contribution in [2.75, 3.05) is 14.2 Å². The van der Waals surface area contributed by atoms with Crippen LogP contribution in [0, 0.1) is 0 Å². The molecule has 0 amide bonds. The van der Waals surface area contributed by atoms with Crippen LogP contribution in [0.4, 0.5) is 0 Å². The summed E-state index contributed by atoms with van der Waals surface area (Å²) in [5.74, 6) is -1.74. The molecular formula is C10H10LiO7S. The van der Waals surface area contributed by atoms with Crippen molar-refractivity contribution < 1.29 is 32.0 Å². The van der Waals surface area contributed by atoms with E-state index in [1.807, 2.05) is 0 Å². The van der Waals surface area contributed by atoms with Gasteiger partial charge in [-0.3, -0.25) is 4.55 Å². The van der Waals surface area contributed by atoms with Gasteiger partial charge in [-0.15, -0.1) is 0 Å². The summed E-state index contributed by atoms with van der Waals surface area (Å²) in [6.07, 6.45) is 0. The van der Waals surface area contributed by atoms with Crippen molar-refractivity contribution in [1.82, 2.24) is 0 Å². The Labute approximate surface area is 121 Å². The van der Waals surface area contributed by atoms with Crippen molar-refractivity contribution >= 4 is 40.9 Å². The maximum absolute atomic E-state index is 11.3. The summed E-state index contributed by atoms with van der Waals surface area (Å²) in [6.45, 7) is 0. The predicted molar refractivity (Wildman–Crippen MR) is 64.7 cm³/mol. The number of carbonyl (C=O) groups is 2. The number of hydrogen-bond acceptors (Lipinski definition) is 6. The molecule has 0 atom stereocenters. The smallest absolute Gasteiger partial charge is 0.339 e. The molecule has 1 aromatic rings. The first-order valence-electron chi connectivity index (χ1n) is 4.59. The van der Waals surface area contributed by atoms with Gasteiger partial charge in [0.15, 0.2) is 0 Å². The number of esters is 2. The quantitative estimate of drug-likeness (QED) is 0.476. The van der Waals surface area contributed by atoms with Gasteiger partial charge in [0.2, 0.25) is 0 Å². The van der Waals surface area contributed by atoms with Crippen LogP contribution < -0.4 is 0 Å². The molecule has 0 spiro atoms. The van der Waals surface area contributed by atoms with E-state index in [0.717, 1.165) is 26.4 Å². The Morgan fingerprint density at radius 3 is 2.05 bits per heavy atom. The summed E-state index contributed by atoms with van der Waals surface area (Å²) >= 11 is 0. The summed E-state index contributed by atoms with van der Waals surface area (Å²) in [7, 11) is -2.49. The van der Waals surface area contributed by atoms with Gasteiger partial charge >= 0.3 is 11.9 Å². The van der Waals surface area contributed by atoms with Gasteiger partial charge in [-0.05, 0) is 18.2 Å². The molecule has 0 bridgehead atoms. The average Bonchev–Trinajstić information content (AvgIpc) is 2.35. The van der Waals surface area contributed by atoms with Gasteiger partial charge in [-0.1, -0.05) is 0 Å². The molecule has 9 heteroatoms. The van der Waals surface area contributed by atoms with Crippen LogP contribution in [0.15, 0.2) is 23.1 Å². The molecule has 0 unspecified atom stereocenters. The summed E-state index contributed by atoms with van der Waals surface area (Å²) in [5.41, 5.74) is -0.481. The predicted octanol–water partition coefficient (Wildman–Crippen LogP) is 0.126. The van der Waals surface area contributed by atoms with Crippen LogP contribution in [0.3, 0.4) is 0 Å². The van der Waals surface area contributed by atoms with Gasteiger partial charge in [0.25, 0.3) is 10.1 Å². The van der Waals surface area contributed by atoms with E-state index < -0.39 is 27.0 Å². The monoisotopic (exact) mass is 281 g/mol. The topological polar surface area (TPSA) is 107 Å². The number of rotatable bonds is 3. The Bertz CT molecular complexity index is 594. The third-order valence-corrected chi connectivity index (χ3v) is 2.98. The third kappa shape index (κ3) is 4.07. The molecule has 1 N–H and O–H groups in total. The first kappa shape index (κ1) is 17.7. The molecule has 0 saturated carbocycles. The Hall–Kier alpha value is -1.33. The van der Waals surface area contributed by atoms with Crippen LogP contribution in [-0.2, 0) is 19.6 Å². The Kier molecular flexibility index (Phi) is 6.25. The van der Waals surface area contributed by atoms with E-state index in [1.54, 1.807) is 0 Å². The first-order valence-corrected chi connectivity index (χ1v) is 6.03. The fraction of sp³-hybridized carbons (Fsp3) is 0.200. The fourth-order valence-corrected chi connectivity index (χ4v) is 1.96. The van der Waals surface area contributed by atoms with Gasteiger partial charge < -0.3 is 9.47 Å². The number of benzene rings is 1. The van der Waals surface area contributed by atoms with Crippen molar-refractivity contribution in [2.24, 2.45) is 0 Å². The van der Waals surface area contributed by atoms with Crippen LogP contribution >= 0.6 is 0 Å². The summed E-state index contributed by atoms with van der Waals surface area (Å²) < 4.78 is 40.0. The summed E-state index contributed by atoms with van der Waals surface area (Å²) in [6, 6.07) is 3.08. The zero-order chi connectivity index (χ0) is 13.9. The first-order chi connectivity index (χ1) is 8.31. The molecule has 99 valence electrons. The SMILES string of the molecule is COC(=O)c1ccc(C(=O)OC)c(S(=O)(=O)O)c1.[Li]. The second-order valence-corrected chi connectivity index (χ2v) is 4.56. The minimum absolute atomic E-state index is 0.